The minimum absolute atomic E-state index is 0.127. The molecule has 1 unspecified atom stereocenters. The van der Waals surface area contributed by atoms with Crippen molar-refractivity contribution in [3.63, 3.8) is 0 Å². The number of hydrogen-bond acceptors (Lipinski definition) is 1. The lowest BCUT2D eigenvalue weighted by Crippen LogP contribution is -2.02. The molecule has 110 valence electrons. The van der Waals surface area contributed by atoms with E-state index in [-0.39, 0.29) is 5.92 Å². The fourth-order valence-electron chi connectivity index (χ4n) is 2.54. The van der Waals surface area contributed by atoms with Crippen molar-refractivity contribution in [2.24, 2.45) is 0 Å². The van der Waals surface area contributed by atoms with Crippen LogP contribution in [0.4, 0.5) is 0 Å². The Labute approximate surface area is 136 Å². The highest BCUT2D eigenvalue weighted by atomic mass is 16.1. The van der Waals surface area contributed by atoms with Gasteiger partial charge in [-0.05, 0) is 23.3 Å². The number of aldehydes is 1. The molecule has 0 saturated heterocycles. The van der Waals surface area contributed by atoms with Gasteiger partial charge in [-0.15, -0.1) is 0 Å². The summed E-state index contributed by atoms with van der Waals surface area (Å²) in [6.45, 7) is 0. The van der Waals surface area contributed by atoms with Gasteiger partial charge in [0.25, 0.3) is 0 Å². The summed E-state index contributed by atoms with van der Waals surface area (Å²) in [5.74, 6) is 6.43. The zero-order chi connectivity index (χ0) is 15.9. The highest BCUT2D eigenvalue weighted by molar-refractivity contribution is 5.78. The van der Waals surface area contributed by atoms with Crippen molar-refractivity contribution in [2.45, 2.75) is 5.92 Å². The first-order valence-electron chi connectivity index (χ1n) is 7.54. The van der Waals surface area contributed by atoms with Crippen molar-refractivity contribution < 1.29 is 4.79 Å². The van der Waals surface area contributed by atoms with E-state index in [0.717, 1.165) is 23.0 Å². The van der Waals surface area contributed by atoms with Crippen LogP contribution in [-0.4, -0.2) is 6.29 Å². The molecule has 0 aliphatic heterocycles. The maximum Gasteiger partial charge on any atom is 0.150 e. The second-order valence-corrected chi connectivity index (χ2v) is 5.23. The van der Waals surface area contributed by atoms with Crippen LogP contribution < -0.4 is 0 Å². The third-order valence-corrected chi connectivity index (χ3v) is 3.70. The van der Waals surface area contributed by atoms with Crippen LogP contribution in [0.1, 0.15) is 33.0 Å². The van der Waals surface area contributed by atoms with E-state index in [0.29, 0.717) is 5.56 Å². The van der Waals surface area contributed by atoms with Gasteiger partial charge in [0.05, 0.1) is 5.92 Å². The zero-order valence-corrected chi connectivity index (χ0v) is 12.6. The predicted molar refractivity (Wildman–Crippen MR) is 93.4 cm³/mol. The Morgan fingerprint density at radius 2 is 1.35 bits per heavy atom. The lowest BCUT2D eigenvalue weighted by Gasteiger charge is -2.13. The van der Waals surface area contributed by atoms with Gasteiger partial charge in [-0.1, -0.05) is 84.6 Å². The number of carbonyl (C=O) groups excluding carboxylic acids is 1. The molecule has 3 rings (SSSR count). The lowest BCUT2D eigenvalue weighted by atomic mass is 9.88. The standard InChI is InChI=1S/C22H16O/c23-17-20-13-7-8-14-21(20)22(19-11-5-2-6-12-19)16-15-18-9-3-1-4-10-18/h1-14,17,22H. The van der Waals surface area contributed by atoms with Gasteiger partial charge < -0.3 is 0 Å². The second kappa shape index (κ2) is 7.24. The number of hydrogen-bond donors (Lipinski definition) is 0. The van der Waals surface area contributed by atoms with Crippen LogP contribution in [0.25, 0.3) is 0 Å². The Bertz CT molecular complexity index is 839. The monoisotopic (exact) mass is 296 g/mol. The summed E-state index contributed by atoms with van der Waals surface area (Å²) in [4.78, 5) is 11.4. The van der Waals surface area contributed by atoms with E-state index >= 15 is 0 Å². The molecule has 0 saturated carbocycles. The van der Waals surface area contributed by atoms with E-state index in [4.69, 9.17) is 0 Å². The molecule has 3 aromatic carbocycles. The molecule has 1 nitrogen and oxygen atoms in total. The molecule has 1 atom stereocenters. The maximum absolute atomic E-state index is 11.4. The molecule has 0 aliphatic rings. The molecule has 0 spiro atoms. The van der Waals surface area contributed by atoms with Gasteiger partial charge in [0, 0.05) is 11.1 Å². The van der Waals surface area contributed by atoms with E-state index in [1.54, 1.807) is 0 Å². The van der Waals surface area contributed by atoms with Gasteiger partial charge in [-0.25, -0.2) is 0 Å². The van der Waals surface area contributed by atoms with Crippen molar-refractivity contribution in [3.8, 4) is 11.8 Å². The molecular weight excluding hydrogens is 280 g/mol. The molecule has 0 bridgehead atoms. The molecule has 0 aliphatic carbocycles. The Morgan fingerprint density at radius 1 is 0.739 bits per heavy atom. The number of rotatable bonds is 3. The summed E-state index contributed by atoms with van der Waals surface area (Å²) in [5.41, 5.74) is 3.68. The van der Waals surface area contributed by atoms with Crippen LogP contribution in [0, 0.1) is 11.8 Å². The largest absolute Gasteiger partial charge is 0.298 e. The van der Waals surface area contributed by atoms with Crippen molar-refractivity contribution >= 4 is 6.29 Å². The predicted octanol–water partition coefficient (Wildman–Crippen LogP) is 4.68. The quantitative estimate of drug-likeness (QED) is 0.506. The SMILES string of the molecule is O=Cc1ccccc1C(C#Cc1ccccc1)c1ccccc1. The first-order valence-corrected chi connectivity index (χ1v) is 7.54. The molecule has 0 amide bonds. The second-order valence-electron chi connectivity index (χ2n) is 5.23. The van der Waals surface area contributed by atoms with E-state index in [9.17, 15) is 4.79 Å². The molecule has 23 heavy (non-hydrogen) atoms. The molecule has 0 fully saturated rings. The molecule has 1 heteroatoms. The maximum atomic E-state index is 11.4. The Hall–Kier alpha value is -3.11. The molecule has 0 N–H and O–H groups in total. The molecule has 0 aromatic heterocycles. The van der Waals surface area contributed by atoms with Gasteiger partial charge in [0.2, 0.25) is 0 Å². The van der Waals surface area contributed by atoms with Crippen LogP contribution in [0.5, 0.6) is 0 Å². The van der Waals surface area contributed by atoms with Gasteiger partial charge >= 0.3 is 0 Å². The third kappa shape index (κ3) is 3.56. The number of carbonyl (C=O) groups is 1. The summed E-state index contributed by atoms with van der Waals surface area (Å²) in [6.07, 6.45) is 0.898. The minimum atomic E-state index is -0.127. The van der Waals surface area contributed by atoms with Gasteiger partial charge in [-0.2, -0.15) is 0 Å². The Morgan fingerprint density at radius 3 is 2.04 bits per heavy atom. The fraction of sp³-hybridized carbons (Fsp3) is 0.0455. The van der Waals surface area contributed by atoms with Crippen LogP contribution in [-0.2, 0) is 0 Å². The van der Waals surface area contributed by atoms with Gasteiger partial charge in [0.15, 0.2) is 0 Å². The molecule has 0 heterocycles. The van der Waals surface area contributed by atoms with Crippen molar-refractivity contribution in [1.82, 2.24) is 0 Å². The van der Waals surface area contributed by atoms with Crippen LogP contribution in [0.3, 0.4) is 0 Å². The summed E-state index contributed by atoms with van der Waals surface area (Å²) >= 11 is 0. The lowest BCUT2D eigenvalue weighted by molar-refractivity contribution is 0.112. The Kier molecular flexibility index (Phi) is 4.66. The van der Waals surface area contributed by atoms with Crippen molar-refractivity contribution in [2.75, 3.05) is 0 Å². The molecule has 3 aromatic rings. The summed E-state index contributed by atoms with van der Waals surface area (Å²) in [7, 11) is 0. The van der Waals surface area contributed by atoms with Crippen LogP contribution in [0.15, 0.2) is 84.9 Å². The highest BCUT2D eigenvalue weighted by Crippen LogP contribution is 2.26. The number of benzene rings is 3. The Balaban J connectivity index is 2.09. The average molecular weight is 296 g/mol. The van der Waals surface area contributed by atoms with Crippen LogP contribution in [0.2, 0.25) is 0 Å². The molecular formula is C22H16O. The van der Waals surface area contributed by atoms with Crippen LogP contribution >= 0.6 is 0 Å². The van der Waals surface area contributed by atoms with E-state index in [1.807, 2.05) is 84.9 Å². The fourth-order valence-corrected chi connectivity index (χ4v) is 2.54. The first-order chi connectivity index (χ1) is 11.4. The first kappa shape index (κ1) is 14.8. The van der Waals surface area contributed by atoms with E-state index in [1.165, 1.54) is 0 Å². The van der Waals surface area contributed by atoms with E-state index < -0.39 is 0 Å². The smallest absolute Gasteiger partial charge is 0.150 e. The summed E-state index contributed by atoms with van der Waals surface area (Å²) in [5, 5.41) is 0. The normalized spacial score (nSPS) is 11.1. The zero-order valence-electron chi connectivity index (χ0n) is 12.6. The van der Waals surface area contributed by atoms with E-state index in [2.05, 4.69) is 11.8 Å². The summed E-state index contributed by atoms with van der Waals surface area (Å²) in [6, 6.07) is 27.6. The summed E-state index contributed by atoms with van der Waals surface area (Å²) < 4.78 is 0. The van der Waals surface area contributed by atoms with Crippen molar-refractivity contribution in [3.05, 3.63) is 107 Å². The van der Waals surface area contributed by atoms with Crippen molar-refractivity contribution in [1.29, 1.82) is 0 Å². The highest BCUT2D eigenvalue weighted by Gasteiger charge is 2.14. The minimum Gasteiger partial charge on any atom is -0.298 e. The van der Waals surface area contributed by atoms with Gasteiger partial charge in [-0.3, -0.25) is 4.79 Å². The molecule has 0 radical (unpaired) electrons. The third-order valence-electron chi connectivity index (χ3n) is 3.70. The van der Waals surface area contributed by atoms with Gasteiger partial charge in [0.1, 0.15) is 6.29 Å². The average Bonchev–Trinajstić information content (AvgIpc) is 2.64. The topological polar surface area (TPSA) is 17.1 Å².